The van der Waals surface area contributed by atoms with Gasteiger partial charge in [-0.15, -0.1) is 0 Å². The Morgan fingerprint density at radius 1 is 1.31 bits per heavy atom. The van der Waals surface area contributed by atoms with Gasteiger partial charge in [0.25, 0.3) is 5.69 Å². The maximum atomic E-state index is 13.0. The molecule has 0 amide bonds. The number of non-ortho nitro benzene ring substituents is 1. The Kier molecular flexibility index (Phi) is 5.71. The molecule has 0 aliphatic heterocycles. The van der Waals surface area contributed by atoms with Gasteiger partial charge in [0.15, 0.2) is 9.84 Å². The molecule has 0 unspecified atom stereocenters. The highest BCUT2D eigenvalue weighted by molar-refractivity contribution is 7.90. The maximum Gasteiger partial charge on any atom is 0.272 e. The molecular formula is C7H8F3NO4S. The van der Waals surface area contributed by atoms with Gasteiger partial charge in [-0.3, -0.25) is 19.5 Å². The SMILES string of the molecule is CS(=O)(=O)c1ccc([N+](=O)[O-])cc1F.F.F. The van der Waals surface area contributed by atoms with E-state index in [2.05, 4.69) is 0 Å². The number of sulfone groups is 1. The fourth-order valence-corrected chi connectivity index (χ4v) is 1.63. The summed E-state index contributed by atoms with van der Waals surface area (Å²) in [6.45, 7) is 0. The second kappa shape index (κ2) is 5.45. The second-order valence-corrected chi connectivity index (χ2v) is 4.63. The van der Waals surface area contributed by atoms with E-state index in [4.69, 9.17) is 0 Å². The number of nitro benzene ring substituents is 1. The normalized spacial score (nSPS) is 9.88. The Hall–Kier alpha value is -1.64. The van der Waals surface area contributed by atoms with Crippen molar-refractivity contribution in [1.29, 1.82) is 0 Å². The summed E-state index contributed by atoms with van der Waals surface area (Å²) in [5, 5.41) is 10.2. The monoisotopic (exact) mass is 259 g/mol. The lowest BCUT2D eigenvalue weighted by Crippen LogP contribution is -2.01. The lowest BCUT2D eigenvalue weighted by molar-refractivity contribution is -0.385. The van der Waals surface area contributed by atoms with Crippen molar-refractivity contribution in [2.45, 2.75) is 4.90 Å². The zero-order chi connectivity index (χ0) is 10.9. The van der Waals surface area contributed by atoms with E-state index in [9.17, 15) is 22.9 Å². The van der Waals surface area contributed by atoms with Gasteiger partial charge >= 0.3 is 0 Å². The van der Waals surface area contributed by atoms with E-state index in [-0.39, 0.29) is 9.41 Å². The maximum absolute atomic E-state index is 13.0. The minimum atomic E-state index is -3.67. The molecule has 0 aliphatic carbocycles. The van der Waals surface area contributed by atoms with Gasteiger partial charge in [-0.1, -0.05) is 0 Å². The molecule has 1 rings (SSSR count). The Labute approximate surface area is 88.7 Å². The summed E-state index contributed by atoms with van der Waals surface area (Å²) in [6, 6.07) is 2.40. The molecule has 0 spiro atoms. The highest BCUT2D eigenvalue weighted by atomic mass is 32.2. The molecule has 92 valence electrons. The molecule has 0 radical (unpaired) electrons. The van der Waals surface area contributed by atoms with Crippen molar-refractivity contribution < 1.29 is 27.1 Å². The van der Waals surface area contributed by atoms with Crippen molar-refractivity contribution >= 4 is 15.5 Å². The van der Waals surface area contributed by atoms with Gasteiger partial charge < -0.3 is 0 Å². The molecule has 0 atom stereocenters. The van der Waals surface area contributed by atoms with Crippen LogP contribution in [-0.4, -0.2) is 19.6 Å². The number of nitro groups is 1. The number of nitrogens with zero attached hydrogens (tertiary/aromatic N) is 1. The fraction of sp³-hybridized carbons (Fsp3) is 0.143. The third-order valence-corrected chi connectivity index (χ3v) is 2.66. The van der Waals surface area contributed by atoms with Gasteiger partial charge in [0.2, 0.25) is 0 Å². The smallest absolute Gasteiger partial charge is 0.269 e. The van der Waals surface area contributed by atoms with Crippen molar-refractivity contribution in [3.05, 3.63) is 34.1 Å². The molecule has 5 nitrogen and oxygen atoms in total. The van der Waals surface area contributed by atoms with E-state index in [0.29, 0.717) is 6.07 Å². The topological polar surface area (TPSA) is 77.3 Å². The molecule has 0 N–H and O–H groups in total. The molecule has 0 heterocycles. The molecule has 0 aliphatic rings. The number of hydrogen-bond acceptors (Lipinski definition) is 4. The van der Waals surface area contributed by atoms with Gasteiger partial charge in [0, 0.05) is 12.3 Å². The Morgan fingerprint density at radius 3 is 2.12 bits per heavy atom. The van der Waals surface area contributed by atoms with Gasteiger partial charge in [0.05, 0.1) is 11.0 Å². The minimum Gasteiger partial charge on any atom is -0.269 e. The Bertz CT molecular complexity index is 488. The van der Waals surface area contributed by atoms with Crippen LogP contribution in [0.4, 0.5) is 19.5 Å². The summed E-state index contributed by atoms with van der Waals surface area (Å²) in [4.78, 5) is 8.87. The summed E-state index contributed by atoms with van der Waals surface area (Å²) in [5.74, 6) is -1.11. The largest absolute Gasteiger partial charge is 0.272 e. The van der Waals surface area contributed by atoms with Crippen molar-refractivity contribution in [3.63, 3.8) is 0 Å². The molecule has 0 saturated carbocycles. The van der Waals surface area contributed by atoms with Crippen LogP contribution in [0, 0.1) is 15.9 Å². The standard InChI is InChI=1S/C7H6FNO4S.2FH/c1-14(12,13)7-3-2-5(9(10)11)4-6(7)8;;/h2-4H,1H3;2*1H. The van der Waals surface area contributed by atoms with Crippen LogP contribution in [0.15, 0.2) is 23.1 Å². The van der Waals surface area contributed by atoms with E-state index < -0.39 is 31.2 Å². The first-order valence-electron chi connectivity index (χ1n) is 3.46. The van der Waals surface area contributed by atoms with Crippen LogP contribution in [0.2, 0.25) is 0 Å². The van der Waals surface area contributed by atoms with Gasteiger partial charge in [-0.05, 0) is 6.07 Å². The zero-order valence-corrected chi connectivity index (χ0v) is 8.73. The van der Waals surface area contributed by atoms with Crippen LogP contribution in [0.25, 0.3) is 0 Å². The molecule has 9 heteroatoms. The highest BCUT2D eigenvalue weighted by Gasteiger charge is 2.17. The number of halogens is 3. The zero-order valence-electron chi connectivity index (χ0n) is 7.91. The predicted octanol–water partition coefficient (Wildman–Crippen LogP) is 1.44. The van der Waals surface area contributed by atoms with Crippen LogP contribution < -0.4 is 0 Å². The third-order valence-electron chi connectivity index (χ3n) is 1.53. The Balaban J connectivity index is 0. The van der Waals surface area contributed by atoms with E-state index in [0.717, 1.165) is 18.4 Å². The first kappa shape index (κ1) is 16.8. The van der Waals surface area contributed by atoms with Crippen molar-refractivity contribution in [1.82, 2.24) is 0 Å². The molecule has 1 aromatic carbocycles. The third kappa shape index (κ3) is 3.50. The predicted molar refractivity (Wildman–Crippen MR) is 51.2 cm³/mol. The lowest BCUT2D eigenvalue weighted by atomic mass is 10.3. The van der Waals surface area contributed by atoms with Crippen LogP contribution in [0.3, 0.4) is 0 Å². The highest BCUT2D eigenvalue weighted by Crippen LogP contribution is 2.19. The van der Waals surface area contributed by atoms with Crippen LogP contribution in [0.1, 0.15) is 0 Å². The number of rotatable bonds is 2. The summed E-state index contributed by atoms with van der Waals surface area (Å²) in [5.41, 5.74) is -0.477. The van der Waals surface area contributed by atoms with Crippen LogP contribution in [0.5, 0.6) is 0 Å². The van der Waals surface area contributed by atoms with Crippen molar-refractivity contribution in [2.24, 2.45) is 0 Å². The summed E-state index contributed by atoms with van der Waals surface area (Å²) < 4.78 is 34.9. The van der Waals surface area contributed by atoms with Gasteiger partial charge in [-0.25, -0.2) is 12.8 Å². The van der Waals surface area contributed by atoms with E-state index in [1.165, 1.54) is 0 Å². The summed E-state index contributed by atoms with van der Waals surface area (Å²) in [6.07, 6.45) is 0.831. The molecule has 0 fully saturated rings. The number of benzene rings is 1. The average molecular weight is 259 g/mol. The van der Waals surface area contributed by atoms with E-state index >= 15 is 0 Å². The van der Waals surface area contributed by atoms with Crippen LogP contribution in [-0.2, 0) is 9.84 Å². The quantitative estimate of drug-likeness (QED) is 0.594. The molecule has 1 aromatic rings. The molecule has 0 bridgehead atoms. The molecule has 0 saturated heterocycles. The molecular weight excluding hydrogens is 251 g/mol. The lowest BCUT2D eigenvalue weighted by Gasteiger charge is -1.99. The molecule has 0 aromatic heterocycles. The second-order valence-electron chi connectivity index (χ2n) is 2.64. The van der Waals surface area contributed by atoms with Crippen LogP contribution >= 0.6 is 0 Å². The molecule has 16 heavy (non-hydrogen) atoms. The van der Waals surface area contributed by atoms with Crippen molar-refractivity contribution in [3.8, 4) is 0 Å². The van der Waals surface area contributed by atoms with Gasteiger partial charge in [0.1, 0.15) is 10.7 Å². The fourth-order valence-electron chi connectivity index (χ4n) is 0.904. The van der Waals surface area contributed by atoms with E-state index in [1.807, 2.05) is 0 Å². The first-order valence-corrected chi connectivity index (χ1v) is 5.35. The summed E-state index contributed by atoms with van der Waals surface area (Å²) >= 11 is 0. The van der Waals surface area contributed by atoms with Crippen molar-refractivity contribution in [2.75, 3.05) is 6.26 Å². The number of hydrogen-bond donors (Lipinski definition) is 0. The summed E-state index contributed by atoms with van der Waals surface area (Å²) in [7, 11) is -3.67. The van der Waals surface area contributed by atoms with E-state index in [1.54, 1.807) is 0 Å². The average Bonchev–Trinajstić information content (AvgIpc) is 2.01. The first-order chi connectivity index (χ1) is 6.32. The minimum absolute atomic E-state index is 0. The Morgan fingerprint density at radius 2 is 1.81 bits per heavy atom. The van der Waals surface area contributed by atoms with Gasteiger partial charge in [-0.2, -0.15) is 0 Å².